The van der Waals surface area contributed by atoms with E-state index in [1.54, 1.807) is 31.3 Å². The highest BCUT2D eigenvalue weighted by Crippen LogP contribution is 2.25. The van der Waals surface area contributed by atoms with Crippen LogP contribution in [0, 0.1) is 6.92 Å². The predicted molar refractivity (Wildman–Crippen MR) is 79.6 cm³/mol. The van der Waals surface area contributed by atoms with Gasteiger partial charge in [-0.1, -0.05) is 12.1 Å². The van der Waals surface area contributed by atoms with Gasteiger partial charge in [-0.05, 0) is 35.0 Å². The molecule has 0 fully saturated rings. The monoisotopic (exact) mass is 360 g/mol. The van der Waals surface area contributed by atoms with Crippen LogP contribution >= 0.6 is 27.3 Å². The molecule has 0 spiro atoms. The van der Waals surface area contributed by atoms with Gasteiger partial charge in [0.15, 0.2) is 0 Å². The SMILES string of the molecule is Cc1nc(CN(C)S(=O)(=O)c2ccccc2Br)cs1. The first-order valence-electron chi connectivity index (χ1n) is 5.53. The highest BCUT2D eigenvalue weighted by atomic mass is 79.9. The van der Waals surface area contributed by atoms with Gasteiger partial charge in [0.2, 0.25) is 10.0 Å². The van der Waals surface area contributed by atoms with Gasteiger partial charge < -0.3 is 0 Å². The molecule has 4 nitrogen and oxygen atoms in total. The highest BCUT2D eigenvalue weighted by molar-refractivity contribution is 9.10. The van der Waals surface area contributed by atoms with Gasteiger partial charge in [0.1, 0.15) is 0 Å². The Morgan fingerprint density at radius 1 is 1.37 bits per heavy atom. The molecule has 0 aliphatic heterocycles. The normalized spacial score (nSPS) is 12.0. The fraction of sp³-hybridized carbons (Fsp3) is 0.250. The molecule has 2 aromatic rings. The number of hydrogen-bond acceptors (Lipinski definition) is 4. The Bertz CT molecular complexity index is 683. The smallest absolute Gasteiger partial charge is 0.244 e. The molecule has 0 amide bonds. The Morgan fingerprint density at radius 2 is 2.05 bits per heavy atom. The summed E-state index contributed by atoms with van der Waals surface area (Å²) in [6.07, 6.45) is 0. The zero-order valence-electron chi connectivity index (χ0n) is 10.5. The molecule has 0 saturated carbocycles. The van der Waals surface area contributed by atoms with Crippen LogP contribution in [0.5, 0.6) is 0 Å². The minimum atomic E-state index is -3.51. The van der Waals surface area contributed by atoms with Gasteiger partial charge in [-0.2, -0.15) is 4.31 Å². The first-order chi connectivity index (χ1) is 8.91. The molecule has 0 aliphatic carbocycles. The fourth-order valence-electron chi connectivity index (χ4n) is 1.62. The molecule has 19 heavy (non-hydrogen) atoms. The van der Waals surface area contributed by atoms with Crippen molar-refractivity contribution in [2.24, 2.45) is 0 Å². The molecule has 2 rings (SSSR count). The van der Waals surface area contributed by atoms with Crippen molar-refractivity contribution in [3.8, 4) is 0 Å². The van der Waals surface area contributed by atoms with Crippen molar-refractivity contribution in [3.63, 3.8) is 0 Å². The Morgan fingerprint density at radius 3 is 2.63 bits per heavy atom. The summed E-state index contributed by atoms with van der Waals surface area (Å²) < 4.78 is 26.7. The average Bonchev–Trinajstić information content (AvgIpc) is 2.75. The van der Waals surface area contributed by atoms with E-state index in [9.17, 15) is 8.42 Å². The number of aromatic nitrogens is 1. The quantitative estimate of drug-likeness (QED) is 0.841. The van der Waals surface area contributed by atoms with E-state index in [0.29, 0.717) is 4.47 Å². The first-order valence-corrected chi connectivity index (χ1v) is 8.64. The Kier molecular flexibility index (Phi) is 4.39. The minimum absolute atomic E-state index is 0.268. The third-order valence-corrected chi connectivity index (χ3v) is 6.21. The lowest BCUT2D eigenvalue weighted by molar-refractivity contribution is 0.462. The van der Waals surface area contributed by atoms with E-state index in [4.69, 9.17) is 0 Å². The third-order valence-electron chi connectivity index (χ3n) is 2.58. The van der Waals surface area contributed by atoms with Crippen LogP contribution in [0.25, 0.3) is 0 Å². The van der Waals surface area contributed by atoms with Gasteiger partial charge in [0, 0.05) is 16.9 Å². The molecular weight excluding hydrogens is 348 g/mol. The lowest BCUT2D eigenvalue weighted by Crippen LogP contribution is -2.26. The second-order valence-electron chi connectivity index (χ2n) is 4.05. The maximum absolute atomic E-state index is 12.4. The molecule has 0 unspecified atom stereocenters. The van der Waals surface area contributed by atoms with Gasteiger partial charge in [0.25, 0.3) is 0 Å². The number of rotatable bonds is 4. The van der Waals surface area contributed by atoms with Crippen LogP contribution in [0.3, 0.4) is 0 Å². The van der Waals surface area contributed by atoms with Crippen LogP contribution in [-0.2, 0) is 16.6 Å². The minimum Gasteiger partial charge on any atom is -0.245 e. The highest BCUT2D eigenvalue weighted by Gasteiger charge is 2.23. The number of aryl methyl sites for hydroxylation is 1. The maximum atomic E-state index is 12.4. The second-order valence-corrected chi connectivity index (χ2v) is 7.98. The van der Waals surface area contributed by atoms with E-state index >= 15 is 0 Å². The predicted octanol–water partition coefficient (Wildman–Crippen LogP) is 3.03. The summed E-state index contributed by atoms with van der Waals surface area (Å²) in [5.41, 5.74) is 0.764. The average molecular weight is 361 g/mol. The van der Waals surface area contributed by atoms with Gasteiger partial charge >= 0.3 is 0 Å². The number of sulfonamides is 1. The van der Waals surface area contributed by atoms with E-state index in [1.165, 1.54) is 15.6 Å². The van der Waals surface area contributed by atoms with Crippen molar-refractivity contribution >= 4 is 37.3 Å². The van der Waals surface area contributed by atoms with E-state index in [-0.39, 0.29) is 11.4 Å². The molecule has 7 heteroatoms. The molecule has 102 valence electrons. The van der Waals surface area contributed by atoms with Crippen molar-refractivity contribution in [2.75, 3.05) is 7.05 Å². The van der Waals surface area contributed by atoms with Crippen LogP contribution in [0.15, 0.2) is 39.0 Å². The fourth-order valence-corrected chi connectivity index (χ4v) is 4.32. The van der Waals surface area contributed by atoms with Crippen LogP contribution in [0.1, 0.15) is 10.7 Å². The van der Waals surface area contributed by atoms with Crippen molar-refractivity contribution in [3.05, 3.63) is 44.8 Å². The molecule has 0 saturated heterocycles. The molecule has 0 atom stereocenters. The lowest BCUT2D eigenvalue weighted by Gasteiger charge is -2.16. The van der Waals surface area contributed by atoms with E-state index < -0.39 is 10.0 Å². The van der Waals surface area contributed by atoms with Gasteiger partial charge in [-0.3, -0.25) is 0 Å². The Balaban J connectivity index is 2.27. The summed E-state index contributed by atoms with van der Waals surface area (Å²) in [6.45, 7) is 2.17. The van der Waals surface area contributed by atoms with Crippen molar-refractivity contribution < 1.29 is 8.42 Å². The Labute approximate surface area is 125 Å². The molecule has 0 bridgehead atoms. The largest absolute Gasteiger partial charge is 0.245 e. The topological polar surface area (TPSA) is 50.3 Å². The van der Waals surface area contributed by atoms with Gasteiger partial charge in [0.05, 0.1) is 22.1 Å². The number of halogens is 1. The molecular formula is C12H13BrN2O2S2. The summed E-state index contributed by atoms with van der Waals surface area (Å²) in [6, 6.07) is 6.79. The zero-order chi connectivity index (χ0) is 14.0. The summed E-state index contributed by atoms with van der Waals surface area (Å²) in [5, 5.41) is 2.81. The second kappa shape index (κ2) is 5.70. The van der Waals surface area contributed by atoms with Crippen LogP contribution < -0.4 is 0 Å². The molecule has 0 N–H and O–H groups in total. The summed E-state index contributed by atoms with van der Waals surface area (Å²) in [4.78, 5) is 4.55. The van der Waals surface area contributed by atoms with Crippen molar-refractivity contribution in [2.45, 2.75) is 18.4 Å². The summed E-state index contributed by atoms with van der Waals surface area (Å²) >= 11 is 4.78. The van der Waals surface area contributed by atoms with Gasteiger partial charge in [-0.25, -0.2) is 13.4 Å². The van der Waals surface area contributed by atoms with Crippen molar-refractivity contribution in [1.29, 1.82) is 0 Å². The standard InChI is InChI=1S/C12H13BrN2O2S2/c1-9-14-10(8-18-9)7-15(2)19(16,17)12-6-4-3-5-11(12)13/h3-6,8H,7H2,1-2H3. The van der Waals surface area contributed by atoms with Crippen molar-refractivity contribution in [1.82, 2.24) is 9.29 Å². The van der Waals surface area contributed by atoms with Crippen LogP contribution in [-0.4, -0.2) is 24.8 Å². The summed E-state index contributed by atoms with van der Waals surface area (Å²) in [5.74, 6) is 0. The molecule has 0 aliphatic rings. The molecule has 1 aromatic heterocycles. The Hall–Kier alpha value is -0.760. The number of thiazole rings is 1. The number of nitrogens with zero attached hydrogens (tertiary/aromatic N) is 2. The molecule has 0 radical (unpaired) electrons. The molecule has 1 aromatic carbocycles. The van der Waals surface area contributed by atoms with E-state index in [0.717, 1.165) is 10.7 Å². The van der Waals surface area contributed by atoms with Crippen LogP contribution in [0.2, 0.25) is 0 Å². The third kappa shape index (κ3) is 3.22. The number of hydrogen-bond donors (Lipinski definition) is 0. The van der Waals surface area contributed by atoms with E-state index in [2.05, 4.69) is 20.9 Å². The molecule has 1 heterocycles. The first kappa shape index (κ1) is 14.6. The van der Waals surface area contributed by atoms with E-state index in [1.807, 2.05) is 12.3 Å². The van der Waals surface area contributed by atoms with Crippen LogP contribution in [0.4, 0.5) is 0 Å². The van der Waals surface area contributed by atoms with Gasteiger partial charge in [-0.15, -0.1) is 11.3 Å². The summed E-state index contributed by atoms with van der Waals surface area (Å²) in [7, 11) is -1.95. The lowest BCUT2D eigenvalue weighted by atomic mass is 10.4. The zero-order valence-corrected chi connectivity index (χ0v) is 13.7. The number of benzene rings is 1. The maximum Gasteiger partial charge on any atom is 0.244 e.